The molecule has 4 aromatic rings. The summed E-state index contributed by atoms with van der Waals surface area (Å²) in [6.07, 6.45) is 1.55. The first-order valence-electron chi connectivity index (χ1n) is 10.3. The zero-order chi connectivity index (χ0) is 22.9. The predicted molar refractivity (Wildman–Crippen MR) is 128 cm³/mol. The highest BCUT2D eigenvalue weighted by molar-refractivity contribution is 7.22. The summed E-state index contributed by atoms with van der Waals surface area (Å²) >= 11 is 1.32. The molecule has 0 unspecified atom stereocenters. The molecule has 3 amide bonds. The fourth-order valence-electron chi connectivity index (χ4n) is 3.58. The van der Waals surface area contributed by atoms with Crippen molar-refractivity contribution in [3.05, 3.63) is 95.1 Å². The first kappa shape index (κ1) is 20.7. The van der Waals surface area contributed by atoms with E-state index in [0.29, 0.717) is 16.3 Å². The van der Waals surface area contributed by atoms with Crippen LogP contribution < -0.4 is 5.01 Å². The third-order valence-electron chi connectivity index (χ3n) is 5.24. The van der Waals surface area contributed by atoms with E-state index >= 15 is 0 Å². The number of hydrogen-bond acceptors (Lipinski definition) is 6. The van der Waals surface area contributed by atoms with Gasteiger partial charge in [0.25, 0.3) is 17.7 Å². The standard InChI is InChI=1S/C25H18N4O3S/c1-16-11-12-20-21(13-16)33-25(27-20)29(26-14-17-7-3-2-4-8-17)22(30)15-28-23(31)18-9-5-6-10-19(18)24(28)32/h2-14H,15H2,1H3/b26-14+. The maximum Gasteiger partial charge on any atom is 0.269 e. The number of hydrogen-bond donors (Lipinski definition) is 0. The molecule has 0 spiro atoms. The molecule has 7 nitrogen and oxygen atoms in total. The Morgan fingerprint density at radius 3 is 2.36 bits per heavy atom. The number of anilines is 1. The third-order valence-corrected chi connectivity index (χ3v) is 6.24. The van der Waals surface area contributed by atoms with E-state index in [4.69, 9.17) is 0 Å². The molecule has 1 aromatic heterocycles. The number of aromatic nitrogens is 1. The molecular formula is C25H18N4O3S. The molecule has 3 aromatic carbocycles. The Kier molecular flexibility index (Phi) is 5.27. The van der Waals surface area contributed by atoms with Crippen LogP contribution in [-0.2, 0) is 4.79 Å². The zero-order valence-electron chi connectivity index (χ0n) is 17.6. The Morgan fingerprint density at radius 1 is 1.00 bits per heavy atom. The monoisotopic (exact) mass is 454 g/mol. The first-order chi connectivity index (χ1) is 16.0. The number of benzene rings is 3. The van der Waals surface area contributed by atoms with Crippen LogP contribution in [0.1, 0.15) is 31.8 Å². The number of carbonyl (C=O) groups is 3. The number of fused-ring (bicyclic) bond motifs is 2. The molecule has 0 N–H and O–H groups in total. The Bertz CT molecular complexity index is 1390. The Hall–Kier alpha value is -4.17. The highest BCUT2D eigenvalue weighted by Gasteiger charge is 2.37. The van der Waals surface area contributed by atoms with Crippen LogP contribution in [0.4, 0.5) is 5.13 Å². The fourth-order valence-corrected chi connectivity index (χ4v) is 4.62. The summed E-state index contributed by atoms with van der Waals surface area (Å²) in [4.78, 5) is 44.3. The van der Waals surface area contributed by atoms with E-state index in [2.05, 4.69) is 10.1 Å². The maximum atomic E-state index is 13.3. The minimum Gasteiger partial charge on any atom is -0.270 e. The summed E-state index contributed by atoms with van der Waals surface area (Å²) in [7, 11) is 0. The summed E-state index contributed by atoms with van der Waals surface area (Å²) in [6, 6.07) is 21.7. The van der Waals surface area contributed by atoms with Crippen molar-refractivity contribution in [3.8, 4) is 0 Å². The number of hydrazone groups is 1. The molecule has 0 bridgehead atoms. The van der Waals surface area contributed by atoms with Gasteiger partial charge in [-0.2, -0.15) is 10.1 Å². The highest BCUT2D eigenvalue weighted by Crippen LogP contribution is 2.30. The predicted octanol–water partition coefficient (Wildman–Crippen LogP) is 4.27. The average molecular weight is 455 g/mol. The molecule has 8 heteroatoms. The van der Waals surface area contributed by atoms with E-state index < -0.39 is 24.3 Å². The van der Waals surface area contributed by atoms with Gasteiger partial charge in [0.2, 0.25) is 5.13 Å². The van der Waals surface area contributed by atoms with E-state index in [9.17, 15) is 14.4 Å². The molecule has 162 valence electrons. The summed E-state index contributed by atoms with van der Waals surface area (Å²) < 4.78 is 0.915. The zero-order valence-corrected chi connectivity index (χ0v) is 18.5. The van der Waals surface area contributed by atoms with Crippen molar-refractivity contribution >= 4 is 50.6 Å². The van der Waals surface area contributed by atoms with Gasteiger partial charge in [-0.15, -0.1) is 0 Å². The maximum absolute atomic E-state index is 13.3. The topological polar surface area (TPSA) is 82.9 Å². The van der Waals surface area contributed by atoms with Crippen molar-refractivity contribution in [1.29, 1.82) is 0 Å². The lowest BCUT2D eigenvalue weighted by Gasteiger charge is -2.18. The number of aryl methyl sites for hydroxylation is 1. The van der Waals surface area contributed by atoms with Crippen LogP contribution in [0.5, 0.6) is 0 Å². The lowest BCUT2D eigenvalue weighted by Crippen LogP contribution is -2.41. The molecule has 0 aliphatic carbocycles. The van der Waals surface area contributed by atoms with Gasteiger partial charge in [0.1, 0.15) is 6.54 Å². The summed E-state index contributed by atoms with van der Waals surface area (Å²) in [5.41, 5.74) is 3.21. The van der Waals surface area contributed by atoms with Crippen LogP contribution >= 0.6 is 11.3 Å². The van der Waals surface area contributed by atoms with E-state index in [1.807, 2.05) is 55.5 Å². The highest BCUT2D eigenvalue weighted by atomic mass is 32.1. The van der Waals surface area contributed by atoms with Gasteiger partial charge >= 0.3 is 0 Å². The summed E-state index contributed by atoms with van der Waals surface area (Å²) in [5, 5.41) is 5.91. The van der Waals surface area contributed by atoms with Crippen molar-refractivity contribution in [1.82, 2.24) is 9.88 Å². The largest absolute Gasteiger partial charge is 0.270 e. The van der Waals surface area contributed by atoms with E-state index in [1.54, 1.807) is 30.5 Å². The molecule has 0 saturated carbocycles. The quantitative estimate of drug-likeness (QED) is 0.256. The van der Waals surface area contributed by atoms with Crippen LogP contribution in [0.15, 0.2) is 77.9 Å². The van der Waals surface area contributed by atoms with Crippen LogP contribution in [0.2, 0.25) is 0 Å². The van der Waals surface area contributed by atoms with E-state index in [-0.39, 0.29) is 0 Å². The molecule has 0 saturated heterocycles. The van der Waals surface area contributed by atoms with Crippen LogP contribution in [0.3, 0.4) is 0 Å². The molecule has 2 heterocycles. The van der Waals surface area contributed by atoms with Crippen LogP contribution in [-0.4, -0.2) is 40.4 Å². The van der Waals surface area contributed by atoms with Crippen molar-refractivity contribution in [2.75, 3.05) is 11.6 Å². The van der Waals surface area contributed by atoms with Gasteiger partial charge in [0.15, 0.2) is 0 Å². The minimum absolute atomic E-state index is 0.296. The number of thiazole rings is 1. The lowest BCUT2D eigenvalue weighted by atomic mass is 10.1. The molecule has 0 atom stereocenters. The van der Waals surface area contributed by atoms with Crippen molar-refractivity contribution in [2.45, 2.75) is 6.92 Å². The molecular weight excluding hydrogens is 436 g/mol. The van der Waals surface area contributed by atoms with Gasteiger partial charge in [-0.25, -0.2) is 4.98 Å². The lowest BCUT2D eigenvalue weighted by molar-refractivity contribution is -0.118. The second-order valence-corrected chi connectivity index (χ2v) is 8.58. The SMILES string of the molecule is Cc1ccc2nc(N(/N=C/c3ccccc3)C(=O)CN3C(=O)c4ccccc4C3=O)sc2c1. The van der Waals surface area contributed by atoms with Gasteiger partial charge in [-0.05, 0) is 42.3 Å². The minimum atomic E-state index is -0.535. The first-order valence-corrected chi connectivity index (χ1v) is 11.1. The van der Waals surface area contributed by atoms with Crippen molar-refractivity contribution in [3.63, 3.8) is 0 Å². The van der Waals surface area contributed by atoms with Gasteiger partial charge in [-0.1, -0.05) is 59.9 Å². The van der Waals surface area contributed by atoms with Crippen LogP contribution in [0, 0.1) is 6.92 Å². The average Bonchev–Trinajstić information content (AvgIpc) is 3.34. The molecule has 33 heavy (non-hydrogen) atoms. The summed E-state index contributed by atoms with van der Waals surface area (Å²) in [5.74, 6) is -1.51. The Morgan fingerprint density at radius 2 is 1.67 bits per heavy atom. The Balaban J connectivity index is 1.48. The van der Waals surface area contributed by atoms with E-state index in [1.165, 1.54) is 11.3 Å². The Labute approximate surface area is 193 Å². The molecule has 0 radical (unpaired) electrons. The third kappa shape index (κ3) is 3.92. The smallest absolute Gasteiger partial charge is 0.269 e. The number of rotatable bonds is 5. The van der Waals surface area contributed by atoms with Crippen LogP contribution in [0.25, 0.3) is 10.2 Å². The number of amides is 3. The van der Waals surface area contributed by atoms with Gasteiger partial charge in [0, 0.05) is 0 Å². The number of imide groups is 1. The van der Waals surface area contributed by atoms with Gasteiger partial charge in [-0.3, -0.25) is 19.3 Å². The normalized spacial score (nSPS) is 13.2. The second kappa shape index (κ2) is 8.40. The number of nitrogens with zero attached hydrogens (tertiary/aromatic N) is 4. The molecule has 1 aliphatic rings. The van der Waals surface area contributed by atoms with E-state index in [0.717, 1.165) is 31.3 Å². The molecule has 5 rings (SSSR count). The fraction of sp³-hybridized carbons (Fsp3) is 0.0800. The van der Waals surface area contributed by atoms with Crippen molar-refractivity contribution < 1.29 is 14.4 Å². The van der Waals surface area contributed by atoms with Gasteiger partial charge in [0.05, 0.1) is 27.6 Å². The molecule has 0 fully saturated rings. The molecule has 1 aliphatic heterocycles. The van der Waals surface area contributed by atoms with Crippen molar-refractivity contribution in [2.24, 2.45) is 5.10 Å². The van der Waals surface area contributed by atoms with Gasteiger partial charge < -0.3 is 0 Å². The second-order valence-electron chi connectivity index (χ2n) is 7.57. The number of carbonyl (C=O) groups excluding carboxylic acids is 3. The summed E-state index contributed by atoms with van der Waals surface area (Å²) in [6.45, 7) is 1.55.